The van der Waals surface area contributed by atoms with Gasteiger partial charge in [0.25, 0.3) is 0 Å². The number of sulfonamides is 1. The van der Waals surface area contributed by atoms with E-state index in [1.165, 1.54) is 12.3 Å². The van der Waals surface area contributed by atoms with Gasteiger partial charge < -0.3 is 5.43 Å². The third kappa shape index (κ3) is 4.78. The van der Waals surface area contributed by atoms with Crippen molar-refractivity contribution in [3.05, 3.63) is 23.3 Å². The Hall–Kier alpha value is -0.850. The van der Waals surface area contributed by atoms with Crippen LogP contribution in [-0.4, -0.2) is 14.5 Å². The standard InChI is InChI=1S/C10H21N3O2S/c1-5-6-10(7-12-11)16(14,15)13-9(4)8(2)3/h5-9,12-13H,11H2,1-4H3/b6-5-,10-7+. The lowest BCUT2D eigenvalue weighted by Crippen LogP contribution is -2.37. The SMILES string of the molecule is C/C=C\C(=C/NN)S(=O)(=O)NC(C)C(C)C. The largest absolute Gasteiger partial charge is 0.330 e. The van der Waals surface area contributed by atoms with Gasteiger partial charge in [-0.1, -0.05) is 19.9 Å². The highest BCUT2D eigenvalue weighted by atomic mass is 32.2. The minimum absolute atomic E-state index is 0.116. The zero-order valence-electron chi connectivity index (χ0n) is 10.2. The van der Waals surface area contributed by atoms with Crippen LogP contribution in [-0.2, 0) is 10.0 Å². The van der Waals surface area contributed by atoms with Gasteiger partial charge in [-0.2, -0.15) is 0 Å². The Bertz CT molecular complexity index is 358. The Morgan fingerprint density at radius 1 is 1.31 bits per heavy atom. The summed E-state index contributed by atoms with van der Waals surface area (Å²) in [6, 6.07) is -0.128. The maximum absolute atomic E-state index is 11.9. The van der Waals surface area contributed by atoms with Crippen molar-refractivity contribution < 1.29 is 8.42 Å². The Kier molecular flexibility index (Phi) is 6.32. The molecule has 6 heteroatoms. The van der Waals surface area contributed by atoms with Crippen molar-refractivity contribution in [3.63, 3.8) is 0 Å². The monoisotopic (exact) mass is 247 g/mol. The van der Waals surface area contributed by atoms with E-state index in [1.807, 2.05) is 20.8 Å². The van der Waals surface area contributed by atoms with Crippen LogP contribution >= 0.6 is 0 Å². The quantitative estimate of drug-likeness (QED) is 0.369. The Labute approximate surface area is 97.8 Å². The zero-order valence-corrected chi connectivity index (χ0v) is 11.0. The zero-order chi connectivity index (χ0) is 12.8. The Balaban J connectivity index is 4.95. The minimum atomic E-state index is -3.51. The molecule has 0 aliphatic heterocycles. The summed E-state index contributed by atoms with van der Waals surface area (Å²) < 4.78 is 26.4. The Morgan fingerprint density at radius 3 is 2.25 bits per heavy atom. The molecule has 0 saturated carbocycles. The molecule has 0 spiro atoms. The molecule has 0 bridgehead atoms. The van der Waals surface area contributed by atoms with E-state index < -0.39 is 10.0 Å². The van der Waals surface area contributed by atoms with Crippen molar-refractivity contribution >= 4 is 10.0 Å². The molecule has 0 radical (unpaired) electrons. The van der Waals surface area contributed by atoms with Gasteiger partial charge in [-0.3, -0.25) is 5.84 Å². The van der Waals surface area contributed by atoms with Crippen LogP contribution < -0.4 is 16.0 Å². The number of hydrazine groups is 1. The van der Waals surface area contributed by atoms with E-state index >= 15 is 0 Å². The molecule has 0 aromatic rings. The van der Waals surface area contributed by atoms with Crippen LogP contribution in [0, 0.1) is 5.92 Å². The molecule has 4 N–H and O–H groups in total. The first-order valence-corrected chi connectivity index (χ1v) is 6.64. The molecular formula is C10H21N3O2S. The average molecular weight is 247 g/mol. The molecule has 1 atom stereocenters. The molecule has 0 fully saturated rings. The molecule has 5 nitrogen and oxygen atoms in total. The highest BCUT2D eigenvalue weighted by molar-refractivity contribution is 7.93. The van der Waals surface area contributed by atoms with E-state index in [9.17, 15) is 8.42 Å². The summed E-state index contributed by atoms with van der Waals surface area (Å²) in [7, 11) is -3.51. The summed E-state index contributed by atoms with van der Waals surface area (Å²) in [4.78, 5) is 0.116. The number of hydrogen-bond donors (Lipinski definition) is 3. The van der Waals surface area contributed by atoms with E-state index in [-0.39, 0.29) is 16.9 Å². The fourth-order valence-corrected chi connectivity index (χ4v) is 2.35. The van der Waals surface area contributed by atoms with Crippen LogP contribution in [0.15, 0.2) is 23.3 Å². The van der Waals surface area contributed by atoms with Gasteiger partial charge >= 0.3 is 0 Å². The number of nitrogens with one attached hydrogen (secondary N) is 2. The number of nitrogens with two attached hydrogens (primary N) is 1. The minimum Gasteiger partial charge on any atom is -0.330 e. The van der Waals surface area contributed by atoms with Crippen LogP contribution in [0.3, 0.4) is 0 Å². The fourth-order valence-electron chi connectivity index (χ4n) is 0.911. The normalized spacial score (nSPS) is 15.8. The molecule has 16 heavy (non-hydrogen) atoms. The van der Waals surface area contributed by atoms with Gasteiger partial charge in [-0.15, -0.1) is 0 Å². The van der Waals surface area contributed by atoms with Crippen LogP contribution in [0.5, 0.6) is 0 Å². The predicted molar refractivity (Wildman–Crippen MR) is 66.6 cm³/mol. The van der Waals surface area contributed by atoms with Crippen molar-refractivity contribution in [2.75, 3.05) is 0 Å². The molecule has 0 aromatic carbocycles. The van der Waals surface area contributed by atoms with Gasteiger partial charge in [0.15, 0.2) is 0 Å². The average Bonchev–Trinajstić information content (AvgIpc) is 2.16. The summed E-state index contributed by atoms with van der Waals surface area (Å²) in [5, 5.41) is 0. The van der Waals surface area contributed by atoms with Gasteiger partial charge in [0, 0.05) is 12.2 Å². The molecule has 0 aliphatic rings. The van der Waals surface area contributed by atoms with Crippen molar-refractivity contribution in [2.45, 2.75) is 33.7 Å². The van der Waals surface area contributed by atoms with Crippen molar-refractivity contribution in [3.8, 4) is 0 Å². The summed E-state index contributed by atoms with van der Waals surface area (Å²) in [5.74, 6) is 5.32. The molecule has 94 valence electrons. The highest BCUT2D eigenvalue weighted by Crippen LogP contribution is 2.09. The van der Waals surface area contributed by atoms with E-state index in [0.29, 0.717) is 0 Å². The second-order valence-electron chi connectivity index (χ2n) is 3.87. The number of allylic oxidation sites excluding steroid dienone is 2. The second-order valence-corrected chi connectivity index (χ2v) is 5.58. The third-order valence-corrected chi connectivity index (χ3v) is 3.76. The highest BCUT2D eigenvalue weighted by Gasteiger charge is 2.19. The van der Waals surface area contributed by atoms with Crippen LogP contribution in [0.25, 0.3) is 0 Å². The van der Waals surface area contributed by atoms with E-state index in [2.05, 4.69) is 10.1 Å². The van der Waals surface area contributed by atoms with E-state index in [0.717, 1.165) is 0 Å². The van der Waals surface area contributed by atoms with Gasteiger partial charge in [0.1, 0.15) is 0 Å². The van der Waals surface area contributed by atoms with E-state index in [4.69, 9.17) is 5.84 Å². The first-order chi connectivity index (χ1) is 7.35. The van der Waals surface area contributed by atoms with Crippen LogP contribution in [0.1, 0.15) is 27.7 Å². The summed E-state index contributed by atoms with van der Waals surface area (Å²) in [6.07, 6.45) is 4.37. The number of hydrogen-bond acceptors (Lipinski definition) is 4. The second kappa shape index (κ2) is 6.67. The van der Waals surface area contributed by atoms with Crippen molar-refractivity contribution in [1.82, 2.24) is 10.1 Å². The summed E-state index contributed by atoms with van der Waals surface area (Å²) in [6.45, 7) is 7.47. The maximum atomic E-state index is 11.9. The van der Waals surface area contributed by atoms with Gasteiger partial charge in [-0.25, -0.2) is 13.1 Å². The lowest BCUT2D eigenvalue weighted by molar-refractivity contribution is 0.479. The lowest BCUT2D eigenvalue weighted by Gasteiger charge is -2.17. The lowest BCUT2D eigenvalue weighted by atomic mass is 10.1. The summed E-state index contributed by atoms with van der Waals surface area (Å²) in [5.41, 5.74) is 2.23. The molecule has 0 aromatic heterocycles. The van der Waals surface area contributed by atoms with Crippen LogP contribution in [0.4, 0.5) is 0 Å². The fraction of sp³-hybridized carbons (Fsp3) is 0.600. The van der Waals surface area contributed by atoms with Crippen molar-refractivity contribution in [2.24, 2.45) is 11.8 Å². The van der Waals surface area contributed by atoms with Crippen LogP contribution in [0.2, 0.25) is 0 Å². The van der Waals surface area contributed by atoms with Gasteiger partial charge in [0.2, 0.25) is 10.0 Å². The molecule has 0 aliphatic carbocycles. The first-order valence-electron chi connectivity index (χ1n) is 5.16. The van der Waals surface area contributed by atoms with E-state index in [1.54, 1.807) is 13.0 Å². The molecule has 0 rings (SSSR count). The molecule has 0 saturated heterocycles. The third-order valence-electron chi connectivity index (χ3n) is 2.21. The number of rotatable bonds is 6. The molecular weight excluding hydrogens is 226 g/mol. The Morgan fingerprint density at radius 2 is 1.88 bits per heavy atom. The van der Waals surface area contributed by atoms with Gasteiger partial charge in [0.05, 0.1) is 4.91 Å². The molecule has 0 amide bonds. The first kappa shape index (κ1) is 15.2. The van der Waals surface area contributed by atoms with Crippen molar-refractivity contribution in [1.29, 1.82) is 0 Å². The summed E-state index contributed by atoms with van der Waals surface area (Å²) >= 11 is 0. The maximum Gasteiger partial charge on any atom is 0.242 e. The topological polar surface area (TPSA) is 84.2 Å². The smallest absolute Gasteiger partial charge is 0.242 e. The van der Waals surface area contributed by atoms with Gasteiger partial charge in [-0.05, 0) is 25.8 Å². The predicted octanol–water partition coefficient (Wildman–Crippen LogP) is 0.831. The molecule has 0 heterocycles. The molecule has 1 unspecified atom stereocenters.